The van der Waals surface area contributed by atoms with E-state index in [2.05, 4.69) is 9.71 Å². The molecule has 0 radical (unpaired) electrons. The van der Waals surface area contributed by atoms with Gasteiger partial charge in [-0.05, 0) is 26.0 Å². The summed E-state index contributed by atoms with van der Waals surface area (Å²) in [6, 6.07) is 6.59. The van der Waals surface area contributed by atoms with Crippen molar-refractivity contribution >= 4 is 27.5 Å². The van der Waals surface area contributed by atoms with E-state index in [1.165, 1.54) is 0 Å². The van der Waals surface area contributed by atoms with E-state index in [-0.39, 0.29) is 16.6 Å². The SMILES string of the molecule is CCN=C(CCl)NS(=O)(=O)c1ccc(C)cc1. The second kappa shape index (κ2) is 6.02. The van der Waals surface area contributed by atoms with Crippen LogP contribution in [0.5, 0.6) is 0 Å². The minimum Gasteiger partial charge on any atom is -0.271 e. The summed E-state index contributed by atoms with van der Waals surface area (Å²) in [4.78, 5) is 4.17. The monoisotopic (exact) mass is 274 g/mol. The predicted molar refractivity (Wildman–Crippen MR) is 70.2 cm³/mol. The first-order valence-electron chi connectivity index (χ1n) is 5.18. The van der Waals surface area contributed by atoms with E-state index >= 15 is 0 Å². The van der Waals surface area contributed by atoms with Crippen molar-refractivity contribution in [1.82, 2.24) is 4.72 Å². The molecule has 0 unspecified atom stereocenters. The third-order valence-electron chi connectivity index (χ3n) is 2.06. The van der Waals surface area contributed by atoms with Gasteiger partial charge in [0.15, 0.2) is 0 Å². The first kappa shape index (κ1) is 14.0. The van der Waals surface area contributed by atoms with Crippen LogP contribution in [0.15, 0.2) is 34.2 Å². The second-order valence-corrected chi connectivity index (χ2v) is 5.42. The molecule has 94 valence electrons. The van der Waals surface area contributed by atoms with Crippen LogP contribution in [0.4, 0.5) is 0 Å². The number of alkyl halides is 1. The van der Waals surface area contributed by atoms with Gasteiger partial charge in [-0.2, -0.15) is 0 Å². The van der Waals surface area contributed by atoms with Crippen molar-refractivity contribution in [3.63, 3.8) is 0 Å². The van der Waals surface area contributed by atoms with Gasteiger partial charge < -0.3 is 0 Å². The van der Waals surface area contributed by atoms with Gasteiger partial charge in [0.1, 0.15) is 5.84 Å². The van der Waals surface area contributed by atoms with Crippen molar-refractivity contribution in [2.45, 2.75) is 18.7 Å². The number of nitrogens with one attached hydrogen (secondary N) is 1. The Labute approximate surface area is 107 Å². The molecule has 17 heavy (non-hydrogen) atoms. The molecule has 0 aliphatic rings. The smallest absolute Gasteiger partial charge is 0.262 e. The molecule has 1 rings (SSSR count). The average molecular weight is 275 g/mol. The number of nitrogens with zero attached hydrogens (tertiary/aromatic N) is 1. The number of sulfonamides is 1. The van der Waals surface area contributed by atoms with Crippen LogP contribution in [-0.2, 0) is 10.0 Å². The van der Waals surface area contributed by atoms with Crippen molar-refractivity contribution in [2.75, 3.05) is 12.4 Å². The normalized spacial score (nSPS) is 12.5. The number of halogens is 1. The van der Waals surface area contributed by atoms with Crippen LogP contribution >= 0.6 is 11.6 Å². The van der Waals surface area contributed by atoms with E-state index in [9.17, 15) is 8.42 Å². The van der Waals surface area contributed by atoms with Crippen LogP contribution in [-0.4, -0.2) is 26.7 Å². The van der Waals surface area contributed by atoms with Crippen molar-refractivity contribution in [2.24, 2.45) is 4.99 Å². The van der Waals surface area contributed by atoms with Crippen molar-refractivity contribution in [3.8, 4) is 0 Å². The average Bonchev–Trinajstić information content (AvgIpc) is 2.28. The van der Waals surface area contributed by atoms with Crippen molar-refractivity contribution in [1.29, 1.82) is 0 Å². The predicted octanol–water partition coefficient (Wildman–Crippen LogP) is 1.93. The van der Waals surface area contributed by atoms with E-state index in [0.717, 1.165) is 5.56 Å². The zero-order chi connectivity index (χ0) is 12.9. The fourth-order valence-corrected chi connectivity index (χ4v) is 2.51. The summed E-state index contributed by atoms with van der Waals surface area (Å²) in [7, 11) is -3.58. The number of amidine groups is 1. The first-order valence-corrected chi connectivity index (χ1v) is 7.20. The van der Waals surface area contributed by atoms with Crippen molar-refractivity contribution < 1.29 is 8.42 Å². The first-order chi connectivity index (χ1) is 7.99. The summed E-state index contributed by atoms with van der Waals surface area (Å²) >= 11 is 5.61. The second-order valence-electron chi connectivity index (χ2n) is 3.47. The van der Waals surface area contributed by atoms with Gasteiger partial charge in [-0.3, -0.25) is 9.71 Å². The third-order valence-corrected chi connectivity index (χ3v) is 3.71. The minimum atomic E-state index is -3.58. The molecule has 1 aromatic carbocycles. The molecule has 0 aliphatic heterocycles. The maximum atomic E-state index is 11.9. The van der Waals surface area contributed by atoms with Crippen LogP contribution in [0.25, 0.3) is 0 Å². The van der Waals surface area contributed by atoms with Crippen LogP contribution in [0.1, 0.15) is 12.5 Å². The zero-order valence-electron chi connectivity index (χ0n) is 9.77. The standard InChI is InChI=1S/C11H15ClN2O2S/c1-3-13-11(8-12)14-17(15,16)10-6-4-9(2)5-7-10/h4-7H,3,8H2,1-2H3,(H,13,14). The van der Waals surface area contributed by atoms with Gasteiger partial charge in [0.05, 0.1) is 10.8 Å². The Hall–Kier alpha value is -1.07. The number of aliphatic imine (C=N–C) groups is 1. The lowest BCUT2D eigenvalue weighted by Gasteiger charge is -2.08. The van der Waals surface area contributed by atoms with Gasteiger partial charge >= 0.3 is 0 Å². The molecule has 0 bridgehead atoms. The van der Waals surface area contributed by atoms with Gasteiger partial charge in [-0.1, -0.05) is 17.7 Å². The summed E-state index contributed by atoms with van der Waals surface area (Å²) in [5.74, 6) is 0.300. The van der Waals surface area contributed by atoms with Crippen LogP contribution in [0.3, 0.4) is 0 Å². The molecule has 0 heterocycles. The Morgan fingerprint density at radius 2 is 1.94 bits per heavy atom. The number of hydrogen-bond acceptors (Lipinski definition) is 3. The van der Waals surface area contributed by atoms with Gasteiger partial charge in [0, 0.05) is 6.54 Å². The Balaban J connectivity index is 2.96. The molecule has 0 fully saturated rings. The summed E-state index contributed by atoms with van der Waals surface area (Å²) in [6.45, 7) is 4.19. The van der Waals surface area contributed by atoms with E-state index in [0.29, 0.717) is 6.54 Å². The highest BCUT2D eigenvalue weighted by Gasteiger charge is 2.15. The van der Waals surface area contributed by atoms with Gasteiger partial charge in [0.25, 0.3) is 10.0 Å². The Kier molecular flexibility index (Phi) is 4.96. The highest BCUT2D eigenvalue weighted by molar-refractivity contribution is 7.90. The number of benzene rings is 1. The van der Waals surface area contributed by atoms with Gasteiger partial charge in [0.2, 0.25) is 0 Å². The zero-order valence-corrected chi connectivity index (χ0v) is 11.3. The summed E-state index contributed by atoms with van der Waals surface area (Å²) < 4.78 is 26.2. The molecule has 0 saturated heterocycles. The van der Waals surface area contributed by atoms with Gasteiger partial charge in [-0.25, -0.2) is 8.42 Å². The molecule has 0 aromatic heterocycles. The minimum absolute atomic E-state index is 0.0406. The van der Waals surface area contributed by atoms with Crippen LogP contribution in [0, 0.1) is 6.92 Å². The molecular weight excluding hydrogens is 260 g/mol. The van der Waals surface area contributed by atoms with Gasteiger partial charge in [-0.15, -0.1) is 11.6 Å². The van der Waals surface area contributed by atoms with E-state index in [1.807, 2.05) is 13.8 Å². The van der Waals surface area contributed by atoms with Crippen LogP contribution in [0.2, 0.25) is 0 Å². The lowest BCUT2D eigenvalue weighted by atomic mass is 10.2. The number of aryl methyl sites for hydroxylation is 1. The highest BCUT2D eigenvalue weighted by atomic mass is 35.5. The molecule has 1 aromatic rings. The molecular formula is C11H15ClN2O2S. The molecule has 0 spiro atoms. The maximum absolute atomic E-state index is 11.9. The van der Waals surface area contributed by atoms with E-state index in [4.69, 9.17) is 11.6 Å². The fourth-order valence-electron chi connectivity index (χ4n) is 1.22. The topological polar surface area (TPSA) is 58.5 Å². The molecule has 1 N–H and O–H groups in total. The number of hydrogen-bond donors (Lipinski definition) is 1. The van der Waals surface area contributed by atoms with Crippen molar-refractivity contribution in [3.05, 3.63) is 29.8 Å². The molecule has 0 aliphatic carbocycles. The summed E-state index contributed by atoms with van der Waals surface area (Å²) in [5.41, 5.74) is 1.00. The molecule has 4 nitrogen and oxygen atoms in total. The van der Waals surface area contributed by atoms with E-state index < -0.39 is 10.0 Å². The lowest BCUT2D eigenvalue weighted by Crippen LogP contribution is -2.32. The summed E-state index contributed by atoms with van der Waals surface area (Å²) in [5, 5.41) is 0. The molecule has 6 heteroatoms. The maximum Gasteiger partial charge on any atom is 0.262 e. The largest absolute Gasteiger partial charge is 0.271 e. The number of rotatable bonds is 4. The Morgan fingerprint density at radius 3 is 2.41 bits per heavy atom. The molecule has 0 atom stereocenters. The highest BCUT2D eigenvalue weighted by Crippen LogP contribution is 2.09. The quantitative estimate of drug-likeness (QED) is 0.518. The Morgan fingerprint density at radius 1 is 1.35 bits per heavy atom. The molecule has 0 amide bonds. The lowest BCUT2D eigenvalue weighted by molar-refractivity contribution is 0.592. The molecule has 0 saturated carbocycles. The van der Waals surface area contributed by atoms with E-state index in [1.54, 1.807) is 24.3 Å². The Bertz CT molecular complexity index is 495. The summed E-state index contributed by atoms with van der Waals surface area (Å²) in [6.07, 6.45) is 0. The van der Waals surface area contributed by atoms with Crippen LogP contribution < -0.4 is 4.72 Å². The fraction of sp³-hybridized carbons (Fsp3) is 0.364. The third kappa shape index (κ3) is 4.02.